The molecular weight excluding hydrogens is 421 g/mol. The maximum atomic E-state index is 15.1. The second-order valence-electron chi connectivity index (χ2n) is 9.16. The molecule has 1 aromatic carbocycles. The van der Waals surface area contributed by atoms with E-state index in [0.29, 0.717) is 30.6 Å². The van der Waals surface area contributed by atoms with E-state index in [0.717, 1.165) is 22.2 Å². The van der Waals surface area contributed by atoms with Crippen molar-refractivity contribution >= 4 is 16.7 Å². The molecule has 33 heavy (non-hydrogen) atoms. The van der Waals surface area contributed by atoms with Crippen LogP contribution in [0.2, 0.25) is 0 Å². The van der Waals surface area contributed by atoms with E-state index in [1.807, 2.05) is 29.1 Å². The summed E-state index contributed by atoms with van der Waals surface area (Å²) >= 11 is 0. The third kappa shape index (κ3) is 3.79. The van der Waals surface area contributed by atoms with Crippen molar-refractivity contribution in [3.8, 4) is 0 Å². The zero-order valence-corrected chi connectivity index (χ0v) is 18.9. The van der Waals surface area contributed by atoms with Crippen LogP contribution in [0.15, 0.2) is 58.6 Å². The molecule has 170 valence electrons. The van der Waals surface area contributed by atoms with Crippen LogP contribution in [0, 0.1) is 5.92 Å². The Kier molecular flexibility index (Phi) is 5.23. The van der Waals surface area contributed by atoms with Gasteiger partial charge in [-0.05, 0) is 31.6 Å². The standard InChI is InChI=1S/C25H26FN5O2/c1-14(2)31-12-17-11-30(13-22(17)29-31)25(33)20-9-16(8-15(3)23(20)26)10-21-18-6-4-5-7-19(18)24(32)28-27-21/h4-9,12,14-15,23H,10-11,13H2,1-3H3,(H,28,32). The van der Waals surface area contributed by atoms with E-state index in [9.17, 15) is 9.59 Å². The first-order valence-electron chi connectivity index (χ1n) is 11.2. The minimum Gasteiger partial charge on any atom is -0.328 e. The zero-order valence-electron chi connectivity index (χ0n) is 18.9. The van der Waals surface area contributed by atoms with Crippen molar-refractivity contribution in [3.05, 3.63) is 81.1 Å². The molecule has 1 aliphatic heterocycles. The summed E-state index contributed by atoms with van der Waals surface area (Å²) in [6.45, 7) is 6.71. The Morgan fingerprint density at radius 1 is 1.24 bits per heavy atom. The van der Waals surface area contributed by atoms with Crippen LogP contribution in [0.25, 0.3) is 10.8 Å². The van der Waals surface area contributed by atoms with Gasteiger partial charge in [-0.2, -0.15) is 10.2 Å². The molecule has 0 saturated carbocycles. The summed E-state index contributed by atoms with van der Waals surface area (Å²) in [5.41, 5.74) is 3.30. The summed E-state index contributed by atoms with van der Waals surface area (Å²) < 4.78 is 17.0. The quantitative estimate of drug-likeness (QED) is 0.662. The summed E-state index contributed by atoms with van der Waals surface area (Å²) in [7, 11) is 0. The molecule has 0 bridgehead atoms. The SMILES string of the molecule is CC1C=C(Cc2n[nH]c(=O)c3ccccc23)C=C(C(=O)N2Cc3cn(C(C)C)nc3C2)C1F. The maximum Gasteiger partial charge on any atom is 0.272 e. The molecule has 5 rings (SSSR count). The largest absolute Gasteiger partial charge is 0.328 e. The number of hydrogen-bond donors (Lipinski definition) is 1. The topological polar surface area (TPSA) is 83.9 Å². The van der Waals surface area contributed by atoms with Crippen molar-refractivity contribution in [2.75, 3.05) is 0 Å². The lowest BCUT2D eigenvalue weighted by atomic mass is 9.87. The van der Waals surface area contributed by atoms with Crippen molar-refractivity contribution in [2.24, 2.45) is 5.92 Å². The lowest BCUT2D eigenvalue weighted by Crippen LogP contribution is -2.34. The van der Waals surface area contributed by atoms with Crippen LogP contribution >= 0.6 is 0 Å². The van der Waals surface area contributed by atoms with Gasteiger partial charge in [0.2, 0.25) is 0 Å². The van der Waals surface area contributed by atoms with Gasteiger partial charge in [0.25, 0.3) is 11.5 Å². The normalized spacial score (nSPS) is 20.2. The Morgan fingerprint density at radius 2 is 2.00 bits per heavy atom. The van der Waals surface area contributed by atoms with Gasteiger partial charge in [-0.25, -0.2) is 9.49 Å². The second-order valence-corrected chi connectivity index (χ2v) is 9.16. The molecule has 0 spiro atoms. The highest BCUT2D eigenvalue weighted by Crippen LogP contribution is 2.32. The highest BCUT2D eigenvalue weighted by molar-refractivity contribution is 5.95. The number of nitrogens with zero attached hydrogens (tertiary/aromatic N) is 4. The molecule has 3 heterocycles. The Labute approximate surface area is 190 Å². The van der Waals surface area contributed by atoms with Crippen LogP contribution in [0.1, 0.15) is 43.8 Å². The summed E-state index contributed by atoms with van der Waals surface area (Å²) in [6.07, 6.45) is 4.49. The van der Waals surface area contributed by atoms with E-state index >= 15 is 4.39 Å². The molecule has 2 atom stereocenters. The van der Waals surface area contributed by atoms with Crippen LogP contribution in [-0.2, 0) is 24.3 Å². The third-order valence-electron chi connectivity index (χ3n) is 6.38. The van der Waals surface area contributed by atoms with Crippen molar-refractivity contribution in [2.45, 2.75) is 52.5 Å². The first-order chi connectivity index (χ1) is 15.8. The maximum absolute atomic E-state index is 15.1. The smallest absolute Gasteiger partial charge is 0.272 e. The molecule has 2 aromatic heterocycles. The average molecular weight is 448 g/mol. The highest BCUT2D eigenvalue weighted by Gasteiger charge is 2.35. The Morgan fingerprint density at radius 3 is 2.73 bits per heavy atom. The molecule has 3 aromatic rings. The van der Waals surface area contributed by atoms with Crippen molar-refractivity contribution < 1.29 is 9.18 Å². The number of rotatable bonds is 4. The zero-order chi connectivity index (χ0) is 23.3. The molecule has 1 aliphatic carbocycles. The first kappa shape index (κ1) is 21.3. The fourth-order valence-electron chi connectivity index (χ4n) is 4.59. The van der Waals surface area contributed by atoms with E-state index in [1.54, 1.807) is 30.0 Å². The Hall–Kier alpha value is -3.55. The summed E-state index contributed by atoms with van der Waals surface area (Å²) in [4.78, 5) is 27.0. The van der Waals surface area contributed by atoms with Gasteiger partial charge < -0.3 is 4.90 Å². The van der Waals surface area contributed by atoms with Gasteiger partial charge in [0.15, 0.2) is 0 Å². The predicted octanol–water partition coefficient (Wildman–Crippen LogP) is 3.63. The van der Waals surface area contributed by atoms with Crippen molar-refractivity contribution in [1.82, 2.24) is 24.9 Å². The van der Waals surface area contributed by atoms with Crippen molar-refractivity contribution in [1.29, 1.82) is 0 Å². The van der Waals surface area contributed by atoms with Gasteiger partial charge in [0, 0.05) is 42.1 Å². The van der Waals surface area contributed by atoms with Gasteiger partial charge in [0.1, 0.15) is 6.17 Å². The number of allylic oxidation sites excluding steroid dienone is 3. The molecule has 2 unspecified atom stereocenters. The van der Waals surface area contributed by atoms with Gasteiger partial charge in [-0.15, -0.1) is 0 Å². The molecule has 1 N–H and O–H groups in total. The number of benzene rings is 1. The minimum atomic E-state index is -1.37. The van der Waals surface area contributed by atoms with Gasteiger partial charge >= 0.3 is 0 Å². The van der Waals surface area contributed by atoms with E-state index in [1.165, 1.54) is 0 Å². The van der Waals surface area contributed by atoms with Gasteiger partial charge in [0.05, 0.1) is 28.9 Å². The van der Waals surface area contributed by atoms with Crippen molar-refractivity contribution in [3.63, 3.8) is 0 Å². The van der Waals surface area contributed by atoms with Gasteiger partial charge in [-0.3, -0.25) is 14.3 Å². The number of aromatic nitrogens is 4. The van der Waals surface area contributed by atoms with Gasteiger partial charge in [-0.1, -0.05) is 31.2 Å². The summed E-state index contributed by atoms with van der Waals surface area (Å²) in [5, 5.41) is 12.7. The molecule has 0 saturated heterocycles. The van der Waals surface area contributed by atoms with E-state index in [-0.39, 0.29) is 23.1 Å². The monoisotopic (exact) mass is 447 g/mol. The fourth-order valence-corrected chi connectivity index (χ4v) is 4.59. The number of aromatic amines is 1. The molecular formula is C25H26FN5O2. The summed E-state index contributed by atoms with van der Waals surface area (Å²) in [6, 6.07) is 7.52. The Bertz CT molecular complexity index is 1340. The van der Waals surface area contributed by atoms with E-state index < -0.39 is 12.1 Å². The summed E-state index contributed by atoms with van der Waals surface area (Å²) in [5.74, 6) is -0.735. The molecule has 1 amide bonds. The molecule has 8 heteroatoms. The first-order valence-corrected chi connectivity index (χ1v) is 11.2. The number of fused-ring (bicyclic) bond motifs is 2. The number of H-pyrrole nitrogens is 1. The number of nitrogens with one attached hydrogen (secondary N) is 1. The van der Waals surface area contributed by atoms with E-state index in [2.05, 4.69) is 29.1 Å². The van der Waals surface area contributed by atoms with Crippen LogP contribution in [0.3, 0.4) is 0 Å². The van der Waals surface area contributed by atoms with Crippen LogP contribution < -0.4 is 5.56 Å². The number of alkyl halides is 1. The fraction of sp³-hybridized carbons (Fsp3) is 0.360. The number of halogens is 1. The molecule has 7 nitrogen and oxygen atoms in total. The molecule has 2 aliphatic rings. The second kappa shape index (κ2) is 8.10. The minimum absolute atomic E-state index is 0.163. The van der Waals surface area contributed by atoms with Crippen LogP contribution in [-0.4, -0.2) is 37.0 Å². The predicted molar refractivity (Wildman–Crippen MR) is 123 cm³/mol. The third-order valence-corrected chi connectivity index (χ3v) is 6.38. The lowest BCUT2D eigenvalue weighted by molar-refractivity contribution is -0.128. The Balaban J connectivity index is 1.40. The lowest BCUT2D eigenvalue weighted by Gasteiger charge is -2.26. The van der Waals surface area contributed by atoms with Crippen LogP contribution in [0.4, 0.5) is 4.39 Å². The van der Waals surface area contributed by atoms with E-state index in [4.69, 9.17) is 0 Å². The number of carbonyl (C=O) groups excluding carboxylic acids is 1. The molecule has 0 radical (unpaired) electrons. The van der Waals surface area contributed by atoms with Crippen LogP contribution in [0.5, 0.6) is 0 Å². The molecule has 0 fully saturated rings. The average Bonchev–Trinajstić information content (AvgIpc) is 3.37. The number of carbonyl (C=O) groups is 1. The number of hydrogen-bond acceptors (Lipinski definition) is 4. The highest BCUT2D eigenvalue weighted by atomic mass is 19.1. The number of amides is 1.